The molecule has 0 saturated carbocycles. The van der Waals surface area contributed by atoms with E-state index in [-0.39, 0.29) is 17.9 Å². The Hall–Kier alpha value is -1.88. The maximum Gasteiger partial charge on any atom is 0.255 e. The predicted molar refractivity (Wildman–Crippen MR) is 78.7 cm³/mol. The molecule has 1 fully saturated rings. The van der Waals surface area contributed by atoms with E-state index in [1.54, 1.807) is 32.3 Å². The van der Waals surface area contributed by atoms with Crippen LogP contribution >= 0.6 is 0 Å². The predicted octanol–water partition coefficient (Wildman–Crippen LogP) is 1.32. The molecule has 1 aliphatic heterocycles. The Balaban J connectivity index is 2.17. The van der Waals surface area contributed by atoms with E-state index >= 15 is 0 Å². The van der Waals surface area contributed by atoms with Crippen molar-refractivity contribution in [3.05, 3.63) is 29.8 Å². The van der Waals surface area contributed by atoms with Gasteiger partial charge in [0.25, 0.3) is 5.91 Å². The van der Waals surface area contributed by atoms with Gasteiger partial charge in [0.2, 0.25) is 5.91 Å². The van der Waals surface area contributed by atoms with Crippen LogP contribution in [0.3, 0.4) is 0 Å². The fourth-order valence-electron chi connectivity index (χ4n) is 2.42. The van der Waals surface area contributed by atoms with Gasteiger partial charge in [-0.1, -0.05) is 19.1 Å². The van der Waals surface area contributed by atoms with E-state index in [0.717, 1.165) is 13.0 Å². The van der Waals surface area contributed by atoms with E-state index in [0.29, 0.717) is 17.2 Å². The number of nitrogens with zero attached hydrogens (tertiary/aromatic N) is 1. The third kappa shape index (κ3) is 2.99. The second-order valence-electron chi connectivity index (χ2n) is 5.43. The van der Waals surface area contributed by atoms with E-state index in [9.17, 15) is 9.59 Å². The maximum atomic E-state index is 12.3. The quantitative estimate of drug-likeness (QED) is 0.874. The zero-order valence-corrected chi connectivity index (χ0v) is 12.1. The van der Waals surface area contributed by atoms with Gasteiger partial charge in [0, 0.05) is 14.1 Å². The molecule has 108 valence electrons. The molecule has 2 rings (SSSR count). The van der Waals surface area contributed by atoms with Crippen molar-refractivity contribution in [2.24, 2.45) is 5.92 Å². The Morgan fingerprint density at radius 3 is 2.60 bits per heavy atom. The van der Waals surface area contributed by atoms with Gasteiger partial charge in [0.1, 0.15) is 0 Å². The van der Waals surface area contributed by atoms with Crippen LogP contribution in [0, 0.1) is 5.92 Å². The number of nitrogens with one attached hydrogen (secondary N) is 2. The average molecular weight is 275 g/mol. The summed E-state index contributed by atoms with van der Waals surface area (Å²) in [6.45, 7) is 2.92. The van der Waals surface area contributed by atoms with Crippen LogP contribution in [-0.2, 0) is 4.79 Å². The minimum Gasteiger partial charge on any atom is -0.345 e. The van der Waals surface area contributed by atoms with Gasteiger partial charge in [0.15, 0.2) is 0 Å². The number of para-hydroxylation sites is 1. The van der Waals surface area contributed by atoms with E-state index in [1.807, 2.05) is 6.07 Å². The van der Waals surface area contributed by atoms with Gasteiger partial charge in [-0.15, -0.1) is 0 Å². The first-order valence-corrected chi connectivity index (χ1v) is 6.85. The molecule has 0 radical (unpaired) electrons. The summed E-state index contributed by atoms with van der Waals surface area (Å²) in [6.07, 6.45) is 0.996. The normalized spacial score (nSPS) is 21.6. The summed E-state index contributed by atoms with van der Waals surface area (Å²) in [7, 11) is 3.39. The zero-order chi connectivity index (χ0) is 14.7. The van der Waals surface area contributed by atoms with E-state index in [4.69, 9.17) is 0 Å². The molecule has 1 aliphatic rings. The van der Waals surface area contributed by atoms with Gasteiger partial charge in [-0.05, 0) is 31.0 Å². The smallest absolute Gasteiger partial charge is 0.255 e. The van der Waals surface area contributed by atoms with Crippen molar-refractivity contribution in [2.75, 3.05) is 26.0 Å². The van der Waals surface area contributed by atoms with Crippen molar-refractivity contribution in [3.63, 3.8) is 0 Å². The van der Waals surface area contributed by atoms with Crippen LogP contribution < -0.4 is 10.6 Å². The first-order valence-electron chi connectivity index (χ1n) is 6.85. The van der Waals surface area contributed by atoms with Crippen LogP contribution in [0.5, 0.6) is 0 Å². The van der Waals surface area contributed by atoms with Gasteiger partial charge in [-0.25, -0.2) is 0 Å². The highest BCUT2D eigenvalue weighted by Gasteiger charge is 2.29. The SMILES string of the molecule is CC1CCNC1C(=O)Nc1ccccc1C(=O)N(C)C. The lowest BCUT2D eigenvalue weighted by molar-refractivity contribution is -0.118. The summed E-state index contributed by atoms with van der Waals surface area (Å²) in [5, 5.41) is 6.06. The van der Waals surface area contributed by atoms with Crippen LogP contribution in [0.2, 0.25) is 0 Å². The molecule has 1 aromatic carbocycles. The molecule has 0 spiro atoms. The zero-order valence-electron chi connectivity index (χ0n) is 12.1. The molecule has 2 unspecified atom stereocenters. The molecule has 2 amide bonds. The minimum absolute atomic E-state index is 0.0750. The number of anilines is 1. The second kappa shape index (κ2) is 6.05. The molecule has 5 nitrogen and oxygen atoms in total. The highest BCUT2D eigenvalue weighted by atomic mass is 16.2. The summed E-state index contributed by atoms with van der Waals surface area (Å²) in [5.74, 6) is 0.119. The molecule has 0 bridgehead atoms. The lowest BCUT2D eigenvalue weighted by Crippen LogP contribution is -2.39. The fourth-order valence-corrected chi connectivity index (χ4v) is 2.42. The summed E-state index contributed by atoms with van der Waals surface area (Å²) < 4.78 is 0. The molecule has 5 heteroatoms. The lowest BCUT2D eigenvalue weighted by atomic mass is 10.0. The van der Waals surface area contributed by atoms with Gasteiger partial charge in [0.05, 0.1) is 17.3 Å². The molecule has 2 N–H and O–H groups in total. The second-order valence-corrected chi connectivity index (χ2v) is 5.43. The number of carbonyl (C=O) groups is 2. The highest BCUT2D eigenvalue weighted by molar-refractivity contribution is 6.04. The van der Waals surface area contributed by atoms with Crippen molar-refractivity contribution in [1.82, 2.24) is 10.2 Å². The Bertz CT molecular complexity index is 514. The monoisotopic (exact) mass is 275 g/mol. The summed E-state index contributed by atoms with van der Waals surface area (Å²) in [6, 6.07) is 6.91. The van der Waals surface area contributed by atoms with Crippen molar-refractivity contribution in [2.45, 2.75) is 19.4 Å². The highest BCUT2D eigenvalue weighted by Crippen LogP contribution is 2.20. The Kier molecular flexibility index (Phi) is 4.39. The third-order valence-electron chi connectivity index (χ3n) is 3.64. The molecule has 1 saturated heterocycles. The van der Waals surface area contributed by atoms with Crippen LogP contribution in [0.1, 0.15) is 23.7 Å². The largest absolute Gasteiger partial charge is 0.345 e. The summed E-state index contributed by atoms with van der Waals surface area (Å²) >= 11 is 0. The topological polar surface area (TPSA) is 61.4 Å². The van der Waals surface area contributed by atoms with Crippen molar-refractivity contribution >= 4 is 17.5 Å². The summed E-state index contributed by atoms with van der Waals surface area (Å²) in [4.78, 5) is 25.9. The number of amides is 2. The van der Waals surface area contributed by atoms with Gasteiger partial charge in [-0.2, -0.15) is 0 Å². The van der Waals surface area contributed by atoms with Crippen LogP contribution in [0.4, 0.5) is 5.69 Å². The fraction of sp³-hybridized carbons (Fsp3) is 0.467. The van der Waals surface area contributed by atoms with Gasteiger partial charge < -0.3 is 15.5 Å². The van der Waals surface area contributed by atoms with Crippen molar-refractivity contribution in [1.29, 1.82) is 0 Å². The molecular weight excluding hydrogens is 254 g/mol. The number of carbonyl (C=O) groups excluding carboxylic acids is 2. The molecule has 0 aliphatic carbocycles. The van der Waals surface area contributed by atoms with Gasteiger partial charge in [-0.3, -0.25) is 9.59 Å². The number of hydrogen-bond donors (Lipinski definition) is 2. The number of benzene rings is 1. The minimum atomic E-state index is -0.183. The Morgan fingerprint density at radius 1 is 1.30 bits per heavy atom. The number of rotatable bonds is 3. The molecule has 1 aromatic rings. The maximum absolute atomic E-state index is 12.3. The van der Waals surface area contributed by atoms with Crippen molar-refractivity contribution in [3.8, 4) is 0 Å². The molecule has 2 atom stereocenters. The number of hydrogen-bond acceptors (Lipinski definition) is 3. The molecule has 1 heterocycles. The molecular formula is C15H21N3O2. The first kappa shape index (κ1) is 14.5. The van der Waals surface area contributed by atoms with Crippen molar-refractivity contribution < 1.29 is 9.59 Å². The first-order chi connectivity index (χ1) is 9.50. The average Bonchev–Trinajstić information content (AvgIpc) is 2.84. The van der Waals surface area contributed by atoms with Gasteiger partial charge >= 0.3 is 0 Å². The molecule has 20 heavy (non-hydrogen) atoms. The standard InChI is InChI=1S/C15H21N3O2/c1-10-8-9-16-13(10)14(19)17-12-7-5-4-6-11(12)15(20)18(2)3/h4-7,10,13,16H,8-9H2,1-3H3,(H,17,19). The molecule has 0 aromatic heterocycles. The lowest BCUT2D eigenvalue weighted by Gasteiger charge is -2.18. The van der Waals surface area contributed by atoms with E-state index in [1.165, 1.54) is 4.90 Å². The van der Waals surface area contributed by atoms with E-state index in [2.05, 4.69) is 17.6 Å². The summed E-state index contributed by atoms with van der Waals surface area (Å²) in [5.41, 5.74) is 1.08. The Labute approximate surface area is 119 Å². The third-order valence-corrected chi connectivity index (χ3v) is 3.64. The van der Waals surface area contributed by atoms with Crippen LogP contribution in [0.25, 0.3) is 0 Å². The van der Waals surface area contributed by atoms with Crippen LogP contribution in [0.15, 0.2) is 24.3 Å². The van der Waals surface area contributed by atoms with Crippen LogP contribution in [-0.4, -0.2) is 43.4 Å². The Morgan fingerprint density at radius 2 is 2.00 bits per heavy atom. The van der Waals surface area contributed by atoms with E-state index < -0.39 is 0 Å².